The van der Waals surface area contributed by atoms with Crippen LogP contribution in [-0.4, -0.2) is 40.2 Å². The topological polar surface area (TPSA) is 69.7 Å². The summed E-state index contributed by atoms with van der Waals surface area (Å²) in [5.74, 6) is 0.377. The Morgan fingerprint density at radius 1 is 1.10 bits per heavy atom. The predicted octanol–water partition coefficient (Wildman–Crippen LogP) is 3.57. The molecule has 1 saturated heterocycles. The Kier molecular flexibility index (Phi) is 7.59. The molecule has 0 aliphatic carbocycles. The van der Waals surface area contributed by atoms with E-state index in [0.29, 0.717) is 18.2 Å². The molecule has 1 fully saturated rings. The fourth-order valence-corrected chi connectivity index (χ4v) is 4.79. The number of aryl methyl sites for hydroxylation is 1. The van der Waals surface area contributed by atoms with Gasteiger partial charge >= 0.3 is 0 Å². The summed E-state index contributed by atoms with van der Waals surface area (Å²) >= 11 is 0. The minimum atomic E-state index is -3.57. The number of hydrogen-bond donors (Lipinski definition) is 1. The molecule has 6 nitrogen and oxygen atoms in total. The molecular formula is C24H33N3O3S. The monoisotopic (exact) mass is 443 g/mol. The Hall–Kier alpha value is -2.54. The van der Waals surface area contributed by atoms with Gasteiger partial charge in [0.05, 0.1) is 11.9 Å². The van der Waals surface area contributed by atoms with Gasteiger partial charge in [0.2, 0.25) is 15.9 Å². The SMILES string of the molecule is CCc1ccc(N(CC(=O)NCc2ccc(N3CCCC(C)C3)cc2)S(C)(=O)=O)cc1. The smallest absolute Gasteiger partial charge is 0.241 e. The standard InChI is InChI=1S/C24H33N3O3S/c1-4-20-7-13-23(14-8-20)27(31(3,29)30)18-24(28)25-16-21-9-11-22(12-10-21)26-15-5-6-19(2)17-26/h7-14,19H,4-6,15-18H2,1-3H3,(H,25,28). The van der Waals surface area contributed by atoms with Gasteiger partial charge in [-0.3, -0.25) is 9.10 Å². The molecule has 0 saturated carbocycles. The largest absolute Gasteiger partial charge is 0.371 e. The highest BCUT2D eigenvalue weighted by atomic mass is 32.2. The average molecular weight is 444 g/mol. The van der Waals surface area contributed by atoms with Crippen LogP contribution in [0.25, 0.3) is 0 Å². The van der Waals surface area contributed by atoms with E-state index in [9.17, 15) is 13.2 Å². The summed E-state index contributed by atoms with van der Waals surface area (Å²) in [4.78, 5) is 14.9. The minimum absolute atomic E-state index is 0.242. The van der Waals surface area contributed by atoms with Crippen LogP contribution in [0.2, 0.25) is 0 Å². The van der Waals surface area contributed by atoms with Crippen LogP contribution in [0.3, 0.4) is 0 Å². The Labute approximate surface area is 186 Å². The second kappa shape index (κ2) is 10.2. The summed E-state index contributed by atoms with van der Waals surface area (Å²) in [5.41, 5.74) is 3.81. The van der Waals surface area contributed by atoms with E-state index in [1.54, 1.807) is 12.1 Å². The summed E-state index contributed by atoms with van der Waals surface area (Å²) in [6.07, 6.45) is 4.49. The Balaban J connectivity index is 1.58. The van der Waals surface area contributed by atoms with Crippen molar-refractivity contribution in [2.45, 2.75) is 39.7 Å². The van der Waals surface area contributed by atoms with Crippen molar-refractivity contribution in [1.29, 1.82) is 0 Å². The molecule has 1 unspecified atom stereocenters. The molecule has 1 N–H and O–H groups in total. The van der Waals surface area contributed by atoms with E-state index < -0.39 is 10.0 Å². The highest BCUT2D eigenvalue weighted by Gasteiger charge is 2.21. The first-order valence-corrected chi connectivity index (χ1v) is 12.8. The Morgan fingerprint density at radius 2 is 1.74 bits per heavy atom. The number of carbonyl (C=O) groups excluding carboxylic acids is 1. The van der Waals surface area contributed by atoms with Gasteiger partial charge in [0.1, 0.15) is 6.54 Å². The maximum atomic E-state index is 12.5. The van der Waals surface area contributed by atoms with Gasteiger partial charge in [-0.05, 0) is 60.6 Å². The lowest BCUT2D eigenvalue weighted by Crippen LogP contribution is -2.40. The third-order valence-corrected chi connectivity index (χ3v) is 6.91. The quantitative estimate of drug-likeness (QED) is 0.677. The maximum absolute atomic E-state index is 12.5. The first-order chi connectivity index (χ1) is 14.8. The van der Waals surface area contributed by atoms with Crippen molar-refractivity contribution >= 4 is 27.3 Å². The fourth-order valence-electron chi connectivity index (χ4n) is 3.93. The van der Waals surface area contributed by atoms with Gasteiger partial charge < -0.3 is 10.2 Å². The molecule has 0 radical (unpaired) electrons. The van der Waals surface area contributed by atoms with Crippen molar-refractivity contribution in [2.75, 3.05) is 35.1 Å². The second-order valence-corrected chi connectivity index (χ2v) is 10.3. The van der Waals surface area contributed by atoms with Crippen LogP contribution >= 0.6 is 0 Å². The Morgan fingerprint density at radius 3 is 2.32 bits per heavy atom. The molecule has 1 atom stereocenters. The number of carbonyl (C=O) groups is 1. The molecule has 1 aliphatic heterocycles. The van der Waals surface area contributed by atoms with Gasteiger partial charge in [0.25, 0.3) is 0 Å². The van der Waals surface area contributed by atoms with E-state index in [1.165, 1.54) is 18.5 Å². The summed E-state index contributed by atoms with van der Waals surface area (Å²) in [7, 11) is -3.57. The van der Waals surface area contributed by atoms with Crippen molar-refractivity contribution in [2.24, 2.45) is 5.92 Å². The van der Waals surface area contributed by atoms with Crippen LogP contribution in [0, 0.1) is 5.92 Å². The number of benzene rings is 2. The van der Waals surface area contributed by atoms with E-state index in [0.717, 1.165) is 41.2 Å². The normalized spacial score (nSPS) is 16.7. The van der Waals surface area contributed by atoms with E-state index in [-0.39, 0.29) is 12.5 Å². The van der Waals surface area contributed by atoms with Crippen molar-refractivity contribution < 1.29 is 13.2 Å². The van der Waals surface area contributed by atoms with Crippen LogP contribution < -0.4 is 14.5 Å². The minimum Gasteiger partial charge on any atom is -0.371 e. The zero-order chi connectivity index (χ0) is 22.4. The summed E-state index contributed by atoms with van der Waals surface area (Å²) in [6.45, 7) is 6.61. The van der Waals surface area contributed by atoms with Gasteiger partial charge in [-0.2, -0.15) is 0 Å². The molecule has 1 aliphatic rings. The van der Waals surface area contributed by atoms with Crippen molar-refractivity contribution in [3.63, 3.8) is 0 Å². The molecule has 3 rings (SSSR count). The lowest BCUT2D eigenvalue weighted by Gasteiger charge is -2.32. The fraction of sp³-hybridized carbons (Fsp3) is 0.458. The molecule has 1 heterocycles. The molecule has 0 aromatic heterocycles. The number of anilines is 2. The number of nitrogens with zero attached hydrogens (tertiary/aromatic N) is 2. The van der Waals surface area contributed by atoms with Gasteiger partial charge in [0.15, 0.2) is 0 Å². The lowest BCUT2D eigenvalue weighted by atomic mass is 9.99. The highest BCUT2D eigenvalue weighted by Crippen LogP contribution is 2.23. The molecule has 2 aromatic carbocycles. The summed E-state index contributed by atoms with van der Waals surface area (Å²) < 4.78 is 25.6. The molecule has 168 valence electrons. The second-order valence-electron chi connectivity index (χ2n) is 8.43. The highest BCUT2D eigenvalue weighted by molar-refractivity contribution is 7.92. The first kappa shape index (κ1) is 23.1. The van der Waals surface area contributed by atoms with Crippen molar-refractivity contribution in [3.8, 4) is 0 Å². The molecule has 1 amide bonds. The molecule has 2 aromatic rings. The predicted molar refractivity (Wildman–Crippen MR) is 127 cm³/mol. The van der Waals surface area contributed by atoms with E-state index >= 15 is 0 Å². The van der Waals surface area contributed by atoms with Crippen LogP contribution in [0.5, 0.6) is 0 Å². The molecule has 0 bridgehead atoms. The van der Waals surface area contributed by atoms with Gasteiger partial charge in [-0.1, -0.05) is 38.1 Å². The number of amides is 1. The van der Waals surface area contributed by atoms with E-state index in [4.69, 9.17) is 0 Å². The zero-order valence-electron chi connectivity index (χ0n) is 18.7. The third-order valence-electron chi connectivity index (χ3n) is 5.77. The van der Waals surface area contributed by atoms with Crippen molar-refractivity contribution in [1.82, 2.24) is 5.32 Å². The summed E-state index contributed by atoms with van der Waals surface area (Å²) in [6, 6.07) is 15.5. The van der Waals surface area contributed by atoms with Crippen LogP contribution in [0.1, 0.15) is 37.8 Å². The Bertz CT molecular complexity index is 972. The maximum Gasteiger partial charge on any atom is 0.241 e. The number of hydrogen-bond acceptors (Lipinski definition) is 4. The lowest BCUT2D eigenvalue weighted by molar-refractivity contribution is -0.119. The van der Waals surface area contributed by atoms with Crippen LogP contribution in [0.4, 0.5) is 11.4 Å². The third kappa shape index (κ3) is 6.47. The zero-order valence-corrected chi connectivity index (χ0v) is 19.5. The van der Waals surface area contributed by atoms with E-state index in [2.05, 4.69) is 29.3 Å². The number of piperidine rings is 1. The van der Waals surface area contributed by atoms with Crippen molar-refractivity contribution in [3.05, 3.63) is 59.7 Å². The van der Waals surface area contributed by atoms with Gasteiger partial charge in [-0.25, -0.2) is 8.42 Å². The van der Waals surface area contributed by atoms with Crippen LogP contribution in [0.15, 0.2) is 48.5 Å². The molecule has 31 heavy (non-hydrogen) atoms. The first-order valence-electron chi connectivity index (χ1n) is 10.9. The number of sulfonamides is 1. The average Bonchev–Trinajstić information content (AvgIpc) is 2.76. The van der Waals surface area contributed by atoms with Gasteiger partial charge in [-0.15, -0.1) is 0 Å². The molecule has 0 spiro atoms. The molecular weight excluding hydrogens is 410 g/mol. The van der Waals surface area contributed by atoms with Crippen LogP contribution in [-0.2, 0) is 27.8 Å². The molecule has 7 heteroatoms. The summed E-state index contributed by atoms with van der Waals surface area (Å²) in [5, 5.41) is 2.84. The number of nitrogens with one attached hydrogen (secondary N) is 1. The van der Waals surface area contributed by atoms with E-state index in [1.807, 2.05) is 31.2 Å². The number of rotatable bonds is 8. The van der Waals surface area contributed by atoms with Gasteiger partial charge in [0, 0.05) is 25.3 Å².